The lowest BCUT2D eigenvalue weighted by Crippen LogP contribution is -2.25. The molecule has 2 heteroatoms. The van der Waals surface area contributed by atoms with E-state index in [2.05, 4.69) is 32.0 Å². The van der Waals surface area contributed by atoms with Crippen molar-refractivity contribution in [1.29, 1.82) is 0 Å². The summed E-state index contributed by atoms with van der Waals surface area (Å²) in [5.41, 5.74) is 4.29. The fourth-order valence-electron chi connectivity index (χ4n) is 2.51. The molecule has 0 spiro atoms. The van der Waals surface area contributed by atoms with Crippen molar-refractivity contribution in [3.8, 4) is 0 Å². The Bertz CT molecular complexity index is 423. The molecule has 2 rings (SSSR count). The van der Waals surface area contributed by atoms with Crippen molar-refractivity contribution >= 4 is 5.97 Å². The Balaban J connectivity index is 2.15. The minimum atomic E-state index is -0.186. The summed E-state index contributed by atoms with van der Waals surface area (Å²) in [6.45, 7) is 6.33. The number of rotatable bonds is 2. The zero-order valence-electron chi connectivity index (χ0n) is 10.2. The molecule has 0 N–H and O–H groups in total. The Morgan fingerprint density at radius 3 is 2.81 bits per heavy atom. The Morgan fingerprint density at radius 1 is 1.44 bits per heavy atom. The van der Waals surface area contributed by atoms with E-state index in [4.69, 9.17) is 4.74 Å². The minimum Gasteiger partial charge on any atom is -0.465 e. The topological polar surface area (TPSA) is 26.3 Å². The summed E-state index contributed by atoms with van der Waals surface area (Å²) < 4.78 is 5.16. The molecule has 0 amide bonds. The highest BCUT2D eigenvalue weighted by atomic mass is 16.5. The molecule has 1 aliphatic rings. The first kappa shape index (κ1) is 11.2. The second kappa shape index (κ2) is 3.93. The van der Waals surface area contributed by atoms with Crippen LogP contribution in [0.2, 0.25) is 0 Å². The number of carbonyl (C=O) groups excluding carboxylic acids is 1. The maximum Gasteiger partial charge on any atom is 0.302 e. The molecule has 0 saturated heterocycles. The van der Waals surface area contributed by atoms with Gasteiger partial charge in [-0.2, -0.15) is 0 Å². The number of esters is 1. The average molecular weight is 218 g/mol. The minimum absolute atomic E-state index is 0.0834. The van der Waals surface area contributed by atoms with Crippen LogP contribution >= 0.6 is 0 Å². The van der Waals surface area contributed by atoms with E-state index in [9.17, 15) is 4.79 Å². The molecule has 0 fully saturated rings. The van der Waals surface area contributed by atoms with E-state index in [1.165, 1.54) is 23.6 Å². The summed E-state index contributed by atoms with van der Waals surface area (Å²) in [6, 6.07) is 6.43. The maximum absolute atomic E-state index is 10.9. The number of benzene rings is 1. The van der Waals surface area contributed by atoms with Gasteiger partial charge < -0.3 is 4.74 Å². The van der Waals surface area contributed by atoms with Crippen LogP contribution in [0.15, 0.2) is 18.2 Å². The average Bonchev–Trinajstić information content (AvgIpc) is 2.55. The molecule has 86 valence electrons. The van der Waals surface area contributed by atoms with Gasteiger partial charge in [0.2, 0.25) is 0 Å². The maximum atomic E-state index is 10.9. The zero-order valence-corrected chi connectivity index (χ0v) is 10.2. The van der Waals surface area contributed by atoms with Crippen molar-refractivity contribution in [2.45, 2.75) is 33.6 Å². The van der Waals surface area contributed by atoms with E-state index in [-0.39, 0.29) is 11.4 Å². The predicted octanol–water partition coefficient (Wildman–Crippen LogP) is 2.66. The van der Waals surface area contributed by atoms with Gasteiger partial charge in [-0.3, -0.25) is 4.79 Å². The second-order valence-electron chi connectivity index (χ2n) is 5.16. The first-order valence-electron chi connectivity index (χ1n) is 5.71. The molecular weight excluding hydrogens is 200 g/mol. The third-order valence-electron chi connectivity index (χ3n) is 3.35. The second-order valence-corrected chi connectivity index (χ2v) is 5.16. The van der Waals surface area contributed by atoms with Crippen molar-refractivity contribution in [2.24, 2.45) is 5.41 Å². The fourth-order valence-corrected chi connectivity index (χ4v) is 2.51. The lowest BCUT2D eigenvalue weighted by molar-refractivity contribution is -0.144. The highest BCUT2D eigenvalue weighted by Gasteiger charge is 2.34. The molecule has 1 atom stereocenters. The summed E-state index contributed by atoms with van der Waals surface area (Å²) in [6.07, 6.45) is 2.03. The third kappa shape index (κ3) is 2.11. The Hall–Kier alpha value is -1.31. The van der Waals surface area contributed by atoms with Crippen LogP contribution in [0.1, 0.15) is 30.5 Å². The summed E-state index contributed by atoms with van der Waals surface area (Å²) >= 11 is 0. The van der Waals surface area contributed by atoms with Crippen molar-refractivity contribution in [1.82, 2.24) is 0 Å². The highest BCUT2D eigenvalue weighted by molar-refractivity contribution is 5.66. The lowest BCUT2D eigenvalue weighted by Gasteiger charge is -2.22. The molecule has 1 aromatic carbocycles. The predicted molar refractivity (Wildman–Crippen MR) is 63.3 cm³/mol. The smallest absolute Gasteiger partial charge is 0.302 e. The molecular formula is C14H18O2. The van der Waals surface area contributed by atoms with Crippen LogP contribution in [-0.4, -0.2) is 12.6 Å². The van der Waals surface area contributed by atoms with Crippen LogP contribution in [0.3, 0.4) is 0 Å². The van der Waals surface area contributed by atoms with Gasteiger partial charge in [-0.1, -0.05) is 25.1 Å². The van der Waals surface area contributed by atoms with Crippen molar-refractivity contribution in [3.63, 3.8) is 0 Å². The van der Waals surface area contributed by atoms with Gasteiger partial charge in [0.25, 0.3) is 0 Å². The van der Waals surface area contributed by atoms with Crippen LogP contribution in [0.5, 0.6) is 0 Å². The van der Waals surface area contributed by atoms with E-state index in [1.54, 1.807) is 0 Å². The number of hydrogen-bond acceptors (Lipinski definition) is 2. The van der Waals surface area contributed by atoms with E-state index in [1.807, 2.05) is 0 Å². The monoisotopic (exact) mass is 218 g/mol. The van der Waals surface area contributed by atoms with Gasteiger partial charge in [0.15, 0.2) is 0 Å². The van der Waals surface area contributed by atoms with Crippen LogP contribution < -0.4 is 0 Å². The standard InChI is InChI=1S/C14H18O2/c1-10-5-4-6-12-7-14(3,8-13(10)12)9-16-11(2)15/h4-6H,7-9H2,1-3H3. The van der Waals surface area contributed by atoms with Gasteiger partial charge in [-0.25, -0.2) is 0 Å². The van der Waals surface area contributed by atoms with Crippen LogP contribution in [0.4, 0.5) is 0 Å². The van der Waals surface area contributed by atoms with E-state index < -0.39 is 0 Å². The van der Waals surface area contributed by atoms with E-state index >= 15 is 0 Å². The number of aryl methyl sites for hydroxylation is 1. The van der Waals surface area contributed by atoms with Crippen LogP contribution in [-0.2, 0) is 22.4 Å². The van der Waals surface area contributed by atoms with Crippen LogP contribution in [0, 0.1) is 12.3 Å². The summed E-state index contributed by atoms with van der Waals surface area (Å²) in [5.74, 6) is -0.186. The molecule has 1 aromatic rings. The molecule has 1 unspecified atom stereocenters. The summed E-state index contributed by atoms with van der Waals surface area (Å²) in [5, 5.41) is 0. The molecule has 0 aliphatic heterocycles. The SMILES string of the molecule is CC(=O)OCC1(C)Cc2cccc(C)c2C1. The Morgan fingerprint density at radius 2 is 2.19 bits per heavy atom. The first-order chi connectivity index (χ1) is 7.50. The molecule has 0 bridgehead atoms. The van der Waals surface area contributed by atoms with Gasteiger partial charge in [0, 0.05) is 12.3 Å². The number of ether oxygens (including phenoxy) is 1. The quantitative estimate of drug-likeness (QED) is 0.713. The largest absolute Gasteiger partial charge is 0.465 e. The zero-order chi connectivity index (χ0) is 11.8. The molecule has 16 heavy (non-hydrogen) atoms. The molecule has 0 radical (unpaired) electrons. The fraction of sp³-hybridized carbons (Fsp3) is 0.500. The molecule has 0 saturated carbocycles. The Kier molecular flexibility index (Phi) is 2.75. The molecule has 0 heterocycles. The lowest BCUT2D eigenvalue weighted by atomic mass is 9.88. The summed E-state index contributed by atoms with van der Waals surface area (Å²) in [7, 11) is 0. The number of hydrogen-bond donors (Lipinski definition) is 0. The van der Waals surface area contributed by atoms with E-state index in [0.717, 1.165) is 12.8 Å². The molecule has 0 aromatic heterocycles. The van der Waals surface area contributed by atoms with Gasteiger partial charge in [0.1, 0.15) is 0 Å². The first-order valence-corrected chi connectivity index (χ1v) is 5.71. The number of fused-ring (bicyclic) bond motifs is 1. The number of carbonyl (C=O) groups is 1. The highest BCUT2D eigenvalue weighted by Crippen LogP contribution is 2.38. The van der Waals surface area contributed by atoms with Crippen molar-refractivity contribution in [2.75, 3.05) is 6.61 Å². The molecule has 1 aliphatic carbocycles. The van der Waals surface area contributed by atoms with Crippen molar-refractivity contribution < 1.29 is 9.53 Å². The summed E-state index contributed by atoms with van der Waals surface area (Å²) in [4.78, 5) is 10.9. The normalized spacial score (nSPS) is 22.9. The van der Waals surface area contributed by atoms with Gasteiger partial charge in [-0.15, -0.1) is 0 Å². The van der Waals surface area contributed by atoms with Crippen LogP contribution in [0.25, 0.3) is 0 Å². The van der Waals surface area contributed by atoms with Gasteiger partial charge >= 0.3 is 5.97 Å². The van der Waals surface area contributed by atoms with Gasteiger partial charge in [0.05, 0.1) is 6.61 Å². The van der Waals surface area contributed by atoms with Crippen molar-refractivity contribution in [3.05, 3.63) is 34.9 Å². The third-order valence-corrected chi connectivity index (χ3v) is 3.35. The Labute approximate surface area is 96.6 Å². The van der Waals surface area contributed by atoms with Gasteiger partial charge in [-0.05, 0) is 36.5 Å². The van der Waals surface area contributed by atoms with E-state index in [0.29, 0.717) is 6.61 Å². The molecule has 2 nitrogen and oxygen atoms in total.